The van der Waals surface area contributed by atoms with Crippen LogP contribution in [0, 0.1) is 0 Å². The van der Waals surface area contributed by atoms with Gasteiger partial charge < -0.3 is 15.4 Å². The van der Waals surface area contributed by atoms with E-state index in [9.17, 15) is 4.79 Å². The predicted molar refractivity (Wildman–Crippen MR) is 116 cm³/mol. The molecule has 3 rings (SSSR count). The van der Waals surface area contributed by atoms with E-state index in [2.05, 4.69) is 47.6 Å². The summed E-state index contributed by atoms with van der Waals surface area (Å²) in [5.41, 5.74) is 3.09. The van der Waals surface area contributed by atoms with Gasteiger partial charge in [0.1, 0.15) is 5.75 Å². The summed E-state index contributed by atoms with van der Waals surface area (Å²) >= 11 is 6.98. The standard InChI is InChI=1S/C19H18Br2N4O2/c1-25-18(16(21)9-10-22-25)15-11-14(7-8-17(15)27-2)24-19(26)23-13-5-3-12(20)4-6-13/h3-8,10-11H,9H2,1-2H3,(H2,23,24,26). The normalized spacial score (nSPS) is 13.6. The average molecular weight is 494 g/mol. The van der Waals surface area contributed by atoms with Gasteiger partial charge in [-0.1, -0.05) is 31.9 Å². The summed E-state index contributed by atoms with van der Waals surface area (Å²) in [6.07, 6.45) is 2.53. The molecule has 8 heteroatoms. The van der Waals surface area contributed by atoms with Crippen molar-refractivity contribution in [1.82, 2.24) is 5.01 Å². The Bertz CT molecular complexity index is 910. The molecule has 2 N–H and O–H groups in total. The van der Waals surface area contributed by atoms with Gasteiger partial charge in [-0.2, -0.15) is 5.10 Å². The molecule has 0 bridgehead atoms. The van der Waals surface area contributed by atoms with E-state index in [1.807, 2.05) is 49.7 Å². The highest BCUT2D eigenvalue weighted by molar-refractivity contribution is 9.11. The van der Waals surface area contributed by atoms with E-state index in [0.29, 0.717) is 23.5 Å². The van der Waals surface area contributed by atoms with Gasteiger partial charge in [0.15, 0.2) is 0 Å². The Morgan fingerprint density at radius 2 is 1.78 bits per heavy atom. The molecule has 0 saturated heterocycles. The van der Waals surface area contributed by atoms with Crippen LogP contribution in [-0.4, -0.2) is 31.4 Å². The van der Waals surface area contributed by atoms with E-state index in [1.165, 1.54) is 0 Å². The van der Waals surface area contributed by atoms with Crippen LogP contribution in [0.3, 0.4) is 0 Å². The fourth-order valence-electron chi connectivity index (χ4n) is 2.69. The number of hydrogen-bond donors (Lipinski definition) is 2. The Balaban J connectivity index is 1.83. The Morgan fingerprint density at radius 1 is 1.11 bits per heavy atom. The quantitative estimate of drug-likeness (QED) is 0.592. The van der Waals surface area contributed by atoms with Crippen LogP contribution in [0.15, 0.2) is 56.5 Å². The zero-order valence-electron chi connectivity index (χ0n) is 14.8. The molecule has 27 heavy (non-hydrogen) atoms. The molecule has 0 spiro atoms. The van der Waals surface area contributed by atoms with E-state index in [4.69, 9.17) is 4.74 Å². The fraction of sp³-hybridized carbons (Fsp3) is 0.158. The summed E-state index contributed by atoms with van der Waals surface area (Å²) in [7, 11) is 3.48. The number of hydrogen-bond acceptors (Lipinski definition) is 4. The van der Waals surface area contributed by atoms with Crippen molar-refractivity contribution >= 4 is 61.2 Å². The molecule has 0 atom stereocenters. The second kappa shape index (κ2) is 8.58. The smallest absolute Gasteiger partial charge is 0.323 e. The van der Waals surface area contributed by atoms with E-state index >= 15 is 0 Å². The summed E-state index contributed by atoms with van der Waals surface area (Å²) in [5, 5.41) is 11.8. The van der Waals surface area contributed by atoms with Crippen molar-refractivity contribution in [2.75, 3.05) is 24.8 Å². The van der Waals surface area contributed by atoms with Crippen molar-refractivity contribution in [2.24, 2.45) is 5.10 Å². The lowest BCUT2D eigenvalue weighted by atomic mass is 10.1. The summed E-state index contributed by atoms with van der Waals surface area (Å²) in [6, 6.07) is 12.5. The summed E-state index contributed by atoms with van der Waals surface area (Å²) < 4.78 is 7.44. The largest absolute Gasteiger partial charge is 0.496 e. The number of carbonyl (C=O) groups excluding carboxylic acids is 1. The predicted octanol–water partition coefficient (Wildman–Crippen LogP) is 5.49. The number of methoxy groups -OCH3 is 1. The van der Waals surface area contributed by atoms with Crippen LogP contribution >= 0.6 is 31.9 Å². The molecule has 1 aliphatic heterocycles. The molecule has 2 aromatic carbocycles. The minimum absolute atomic E-state index is 0.323. The van der Waals surface area contributed by atoms with E-state index in [1.54, 1.807) is 18.2 Å². The van der Waals surface area contributed by atoms with Crippen molar-refractivity contribution in [3.05, 3.63) is 57.0 Å². The molecule has 0 radical (unpaired) electrons. The average Bonchev–Trinajstić information content (AvgIpc) is 2.64. The van der Waals surface area contributed by atoms with Gasteiger partial charge in [-0.05, 0) is 42.5 Å². The lowest BCUT2D eigenvalue weighted by Crippen LogP contribution is -2.20. The number of carbonyl (C=O) groups is 1. The molecule has 0 unspecified atom stereocenters. The van der Waals surface area contributed by atoms with Gasteiger partial charge in [0, 0.05) is 45.6 Å². The maximum Gasteiger partial charge on any atom is 0.323 e. The molecular weight excluding hydrogens is 476 g/mol. The topological polar surface area (TPSA) is 66.0 Å². The number of amides is 2. The number of allylic oxidation sites excluding steroid dienone is 1. The SMILES string of the molecule is COc1ccc(NC(=O)Nc2ccc(Br)cc2)cc1C1=C(Br)CC=NN1C. The molecule has 2 amide bonds. The minimum atomic E-state index is -0.323. The monoisotopic (exact) mass is 492 g/mol. The Labute approximate surface area is 174 Å². The van der Waals surface area contributed by atoms with Crippen LogP contribution in [0.2, 0.25) is 0 Å². The van der Waals surface area contributed by atoms with Crippen LogP contribution in [0.5, 0.6) is 5.75 Å². The summed E-state index contributed by atoms with van der Waals surface area (Å²) in [4.78, 5) is 12.3. The van der Waals surface area contributed by atoms with Gasteiger partial charge >= 0.3 is 6.03 Å². The van der Waals surface area contributed by atoms with Crippen molar-refractivity contribution in [3.8, 4) is 5.75 Å². The maximum absolute atomic E-state index is 12.3. The van der Waals surface area contributed by atoms with Crippen LogP contribution in [0.4, 0.5) is 16.2 Å². The van der Waals surface area contributed by atoms with E-state index in [0.717, 1.165) is 20.2 Å². The number of benzene rings is 2. The van der Waals surface area contributed by atoms with Gasteiger partial charge in [0.05, 0.1) is 12.8 Å². The van der Waals surface area contributed by atoms with Gasteiger partial charge in [0.25, 0.3) is 0 Å². The molecule has 0 fully saturated rings. The molecule has 1 heterocycles. The molecule has 0 aliphatic carbocycles. The Morgan fingerprint density at radius 3 is 2.44 bits per heavy atom. The van der Waals surface area contributed by atoms with Gasteiger partial charge in [-0.15, -0.1) is 0 Å². The van der Waals surface area contributed by atoms with E-state index in [-0.39, 0.29) is 6.03 Å². The third kappa shape index (κ3) is 4.70. The zero-order chi connectivity index (χ0) is 19.4. The fourth-order valence-corrected chi connectivity index (χ4v) is 3.57. The molecule has 2 aromatic rings. The number of hydrazone groups is 1. The van der Waals surface area contributed by atoms with Crippen LogP contribution in [0.1, 0.15) is 12.0 Å². The molecule has 140 valence electrons. The first-order chi connectivity index (χ1) is 13.0. The Hall–Kier alpha value is -2.32. The summed E-state index contributed by atoms with van der Waals surface area (Å²) in [5.74, 6) is 0.699. The molecular formula is C19H18Br2N4O2. The number of rotatable bonds is 4. The first-order valence-corrected chi connectivity index (χ1v) is 9.73. The third-order valence-electron chi connectivity index (χ3n) is 3.92. The molecule has 0 saturated carbocycles. The molecule has 6 nitrogen and oxygen atoms in total. The number of nitrogens with one attached hydrogen (secondary N) is 2. The van der Waals surface area contributed by atoms with Crippen LogP contribution in [0.25, 0.3) is 5.70 Å². The lowest BCUT2D eigenvalue weighted by molar-refractivity contribution is 0.262. The second-order valence-corrected chi connectivity index (χ2v) is 7.65. The number of nitrogens with zero attached hydrogens (tertiary/aromatic N) is 2. The highest BCUT2D eigenvalue weighted by Crippen LogP contribution is 2.36. The van der Waals surface area contributed by atoms with Crippen molar-refractivity contribution in [3.63, 3.8) is 0 Å². The second-order valence-electron chi connectivity index (χ2n) is 5.78. The zero-order valence-corrected chi connectivity index (χ0v) is 18.0. The van der Waals surface area contributed by atoms with Gasteiger partial charge in [-0.3, -0.25) is 5.01 Å². The number of anilines is 2. The third-order valence-corrected chi connectivity index (χ3v) is 5.15. The minimum Gasteiger partial charge on any atom is -0.496 e. The molecule has 0 aromatic heterocycles. The number of halogens is 2. The first kappa shape index (κ1) is 19.4. The van der Waals surface area contributed by atoms with E-state index < -0.39 is 0 Å². The molecule has 1 aliphatic rings. The van der Waals surface area contributed by atoms with Gasteiger partial charge in [-0.25, -0.2) is 4.79 Å². The van der Waals surface area contributed by atoms with Crippen LogP contribution in [-0.2, 0) is 0 Å². The lowest BCUT2D eigenvalue weighted by Gasteiger charge is -2.24. The maximum atomic E-state index is 12.3. The number of ether oxygens (including phenoxy) is 1. The van der Waals surface area contributed by atoms with Crippen molar-refractivity contribution in [1.29, 1.82) is 0 Å². The highest BCUT2D eigenvalue weighted by atomic mass is 79.9. The van der Waals surface area contributed by atoms with Crippen LogP contribution < -0.4 is 15.4 Å². The van der Waals surface area contributed by atoms with Gasteiger partial charge in [0.2, 0.25) is 0 Å². The first-order valence-electron chi connectivity index (χ1n) is 8.14. The number of urea groups is 1. The van der Waals surface area contributed by atoms with Crippen molar-refractivity contribution in [2.45, 2.75) is 6.42 Å². The van der Waals surface area contributed by atoms with Crippen molar-refractivity contribution < 1.29 is 9.53 Å². The highest BCUT2D eigenvalue weighted by Gasteiger charge is 2.19. The Kier molecular flexibility index (Phi) is 6.18. The summed E-state index contributed by atoms with van der Waals surface area (Å²) in [6.45, 7) is 0.